The van der Waals surface area contributed by atoms with Gasteiger partial charge in [-0.15, -0.1) is 0 Å². The van der Waals surface area contributed by atoms with Crippen molar-refractivity contribution in [2.45, 2.75) is 33.9 Å². The molecule has 130 valence electrons. The maximum Gasteiger partial charge on any atom is 0.328 e. The smallest absolute Gasteiger partial charge is 0.328 e. The second kappa shape index (κ2) is 8.78. The Hall–Kier alpha value is -2.94. The van der Waals surface area contributed by atoms with Crippen LogP contribution in [0.2, 0.25) is 0 Å². The van der Waals surface area contributed by atoms with E-state index in [-0.39, 0.29) is 6.61 Å². The van der Waals surface area contributed by atoms with Crippen molar-refractivity contribution < 1.29 is 9.53 Å². The molecule has 0 saturated heterocycles. The molecule has 2 rings (SSSR count). The van der Waals surface area contributed by atoms with Gasteiger partial charge in [0.2, 0.25) is 0 Å². The zero-order valence-corrected chi connectivity index (χ0v) is 14.8. The van der Waals surface area contributed by atoms with Crippen molar-refractivity contribution in [3.05, 3.63) is 52.8 Å². The first-order valence-corrected chi connectivity index (χ1v) is 8.19. The van der Waals surface area contributed by atoms with Crippen LogP contribution in [-0.4, -0.2) is 28.6 Å². The molecule has 0 radical (unpaired) electrons. The monoisotopic (exact) mass is 338 g/mol. The lowest BCUT2D eigenvalue weighted by Crippen LogP contribution is -2.17. The van der Waals surface area contributed by atoms with Crippen LogP contribution >= 0.6 is 0 Å². The number of aliphatic imine (C=N–C) groups is 1. The lowest BCUT2D eigenvalue weighted by atomic mass is 10.2. The van der Waals surface area contributed by atoms with Gasteiger partial charge in [0.05, 0.1) is 31.5 Å². The van der Waals surface area contributed by atoms with Crippen LogP contribution in [0.15, 0.2) is 35.3 Å². The minimum Gasteiger partial charge on any atom is -0.465 e. The van der Waals surface area contributed by atoms with Gasteiger partial charge in [0, 0.05) is 17.5 Å². The van der Waals surface area contributed by atoms with E-state index in [0.29, 0.717) is 13.1 Å². The fourth-order valence-corrected chi connectivity index (χ4v) is 2.50. The fourth-order valence-electron chi connectivity index (χ4n) is 2.50. The summed E-state index contributed by atoms with van der Waals surface area (Å²) in [4.78, 5) is 15.9. The summed E-state index contributed by atoms with van der Waals surface area (Å²) in [7, 11) is 0. The number of hydrogen-bond donors (Lipinski definition) is 0. The highest BCUT2D eigenvalue weighted by molar-refractivity contribution is 5.92. The number of hydrogen-bond acceptors (Lipinski definition) is 5. The number of benzene rings is 1. The molecular formula is C19H22N4O2. The second-order valence-electron chi connectivity index (χ2n) is 5.64. The molecule has 1 aromatic heterocycles. The predicted octanol–water partition coefficient (Wildman–Crippen LogP) is 2.82. The van der Waals surface area contributed by atoms with Crippen molar-refractivity contribution in [2.24, 2.45) is 10.9 Å². The molecule has 1 aromatic carbocycles. The van der Waals surface area contributed by atoms with E-state index in [2.05, 4.69) is 22.2 Å². The summed E-state index contributed by atoms with van der Waals surface area (Å²) in [5.41, 5.74) is 4.11. The molecule has 6 nitrogen and oxygen atoms in total. The van der Waals surface area contributed by atoms with Crippen molar-refractivity contribution in [2.75, 3.05) is 6.61 Å². The van der Waals surface area contributed by atoms with E-state index in [4.69, 9.17) is 10.00 Å². The number of aryl methyl sites for hydroxylation is 1. The standard InChI is InChI=1S/C19H22N4O2/c1-4-25-19(24)17(10-20)11-21-12-18-14(2)22-23(15(18)3)13-16-8-6-5-7-9-16/h5-9,11,17H,4,12-13H2,1-3H3/t17-/m1/s1. The number of carbonyl (C=O) groups is 1. The Labute approximate surface area is 147 Å². The largest absolute Gasteiger partial charge is 0.465 e. The highest BCUT2D eigenvalue weighted by atomic mass is 16.5. The van der Waals surface area contributed by atoms with E-state index in [9.17, 15) is 4.79 Å². The fraction of sp³-hybridized carbons (Fsp3) is 0.368. The van der Waals surface area contributed by atoms with E-state index < -0.39 is 11.9 Å². The average Bonchev–Trinajstić information content (AvgIpc) is 2.87. The van der Waals surface area contributed by atoms with E-state index in [1.54, 1.807) is 6.92 Å². The topological polar surface area (TPSA) is 80.3 Å². The van der Waals surface area contributed by atoms with E-state index in [1.165, 1.54) is 11.8 Å². The van der Waals surface area contributed by atoms with Crippen LogP contribution in [0, 0.1) is 31.1 Å². The molecule has 0 spiro atoms. The highest BCUT2D eigenvalue weighted by Crippen LogP contribution is 2.16. The molecule has 0 N–H and O–H groups in total. The number of rotatable bonds is 7. The normalized spacial score (nSPS) is 12.1. The Kier molecular flexibility index (Phi) is 6.47. The van der Waals surface area contributed by atoms with Gasteiger partial charge in [-0.3, -0.25) is 14.5 Å². The minimum absolute atomic E-state index is 0.245. The highest BCUT2D eigenvalue weighted by Gasteiger charge is 2.17. The number of esters is 1. The van der Waals surface area contributed by atoms with Gasteiger partial charge < -0.3 is 4.74 Å². The van der Waals surface area contributed by atoms with Gasteiger partial charge in [-0.05, 0) is 26.3 Å². The molecular weight excluding hydrogens is 316 g/mol. The Bertz CT molecular complexity index is 788. The van der Waals surface area contributed by atoms with E-state index in [0.717, 1.165) is 17.0 Å². The molecule has 2 aromatic rings. The van der Waals surface area contributed by atoms with Crippen LogP contribution in [0.25, 0.3) is 0 Å². The van der Waals surface area contributed by atoms with Gasteiger partial charge >= 0.3 is 5.97 Å². The molecule has 0 aliphatic heterocycles. The molecule has 1 atom stereocenters. The summed E-state index contributed by atoms with van der Waals surface area (Å²) < 4.78 is 6.79. The third-order valence-corrected chi connectivity index (χ3v) is 3.89. The Morgan fingerprint density at radius 3 is 2.76 bits per heavy atom. The molecule has 0 saturated carbocycles. The summed E-state index contributed by atoms with van der Waals surface area (Å²) in [5, 5.41) is 13.6. The molecule has 0 bridgehead atoms. The summed E-state index contributed by atoms with van der Waals surface area (Å²) in [5.74, 6) is -1.54. The Balaban J connectivity index is 2.09. The maximum atomic E-state index is 11.6. The van der Waals surface area contributed by atoms with Crippen molar-refractivity contribution in [1.82, 2.24) is 9.78 Å². The molecule has 0 unspecified atom stereocenters. The van der Waals surface area contributed by atoms with Crippen LogP contribution in [0.4, 0.5) is 0 Å². The summed E-state index contributed by atoms with van der Waals surface area (Å²) in [6.45, 7) is 6.96. The number of nitrogens with zero attached hydrogens (tertiary/aromatic N) is 4. The maximum absolute atomic E-state index is 11.6. The number of nitriles is 1. The first kappa shape index (κ1) is 18.4. The first-order valence-electron chi connectivity index (χ1n) is 8.19. The first-order chi connectivity index (χ1) is 12.1. The van der Waals surface area contributed by atoms with Crippen LogP contribution in [0.3, 0.4) is 0 Å². The third kappa shape index (κ3) is 4.77. The SMILES string of the molecule is CCOC(=O)[C@H](C#N)C=NCc1c(C)nn(Cc2ccccc2)c1C. The second-order valence-corrected chi connectivity index (χ2v) is 5.64. The summed E-state index contributed by atoms with van der Waals surface area (Å²) >= 11 is 0. The quantitative estimate of drug-likeness (QED) is 0.574. The van der Waals surface area contributed by atoms with Crippen LogP contribution in [0.5, 0.6) is 0 Å². The summed E-state index contributed by atoms with van der Waals surface area (Å²) in [6.07, 6.45) is 1.35. The van der Waals surface area contributed by atoms with Gasteiger partial charge in [-0.2, -0.15) is 10.4 Å². The zero-order chi connectivity index (χ0) is 18.2. The predicted molar refractivity (Wildman–Crippen MR) is 95.2 cm³/mol. The zero-order valence-electron chi connectivity index (χ0n) is 14.8. The van der Waals surface area contributed by atoms with Gasteiger partial charge in [0.1, 0.15) is 0 Å². The molecule has 0 amide bonds. The van der Waals surface area contributed by atoms with Gasteiger partial charge in [-0.1, -0.05) is 30.3 Å². The molecule has 1 heterocycles. The molecule has 25 heavy (non-hydrogen) atoms. The molecule has 0 fully saturated rings. The Morgan fingerprint density at radius 2 is 2.12 bits per heavy atom. The van der Waals surface area contributed by atoms with Crippen LogP contribution < -0.4 is 0 Å². The van der Waals surface area contributed by atoms with Crippen molar-refractivity contribution in [3.8, 4) is 6.07 Å². The summed E-state index contributed by atoms with van der Waals surface area (Å²) in [6, 6.07) is 12.0. The average molecular weight is 338 g/mol. The van der Waals surface area contributed by atoms with Gasteiger partial charge in [-0.25, -0.2) is 0 Å². The third-order valence-electron chi connectivity index (χ3n) is 3.89. The van der Waals surface area contributed by atoms with Gasteiger partial charge in [0.15, 0.2) is 5.92 Å². The van der Waals surface area contributed by atoms with Crippen molar-refractivity contribution in [3.63, 3.8) is 0 Å². The van der Waals surface area contributed by atoms with E-state index in [1.807, 2.05) is 42.8 Å². The van der Waals surface area contributed by atoms with Crippen LogP contribution in [-0.2, 0) is 22.6 Å². The van der Waals surface area contributed by atoms with Gasteiger partial charge in [0.25, 0.3) is 0 Å². The Morgan fingerprint density at radius 1 is 1.40 bits per heavy atom. The van der Waals surface area contributed by atoms with Crippen molar-refractivity contribution in [1.29, 1.82) is 5.26 Å². The number of carbonyl (C=O) groups excluding carboxylic acids is 1. The number of ether oxygens (including phenoxy) is 1. The van der Waals surface area contributed by atoms with E-state index >= 15 is 0 Å². The molecule has 0 aliphatic rings. The number of aromatic nitrogens is 2. The van der Waals surface area contributed by atoms with Crippen LogP contribution in [0.1, 0.15) is 29.4 Å². The lowest BCUT2D eigenvalue weighted by molar-refractivity contribution is -0.143. The molecule has 6 heteroatoms. The minimum atomic E-state index is -0.972. The lowest BCUT2D eigenvalue weighted by Gasteiger charge is -2.05. The van der Waals surface area contributed by atoms with Crippen molar-refractivity contribution >= 4 is 12.2 Å². The molecule has 0 aliphatic carbocycles.